The van der Waals surface area contributed by atoms with Crippen LogP contribution in [0.1, 0.15) is 30.5 Å². The molecule has 9 aliphatic carbocycles. The Kier molecular flexibility index (Phi) is 14.1. The molecule has 0 radical (unpaired) electrons. The molecular formula is C76H59Cl2O6P2S+. The summed E-state index contributed by atoms with van der Waals surface area (Å²) in [5, 5.41) is 43.8. The van der Waals surface area contributed by atoms with Gasteiger partial charge in [0.2, 0.25) is 11.6 Å². The molecule has 11 heteroatoms. The first-order valence-electron chi connectivity index (χ1n) is 30.0. The van der Waals surface area contributed by atoms with E-state index in [1.807, 2.05) is 38.2 Å². The number of hydrogen-bond donors (Lipinski definition) is 2. The molecule has 12 aromatic rings. The van der Waals surface area contributed by atoms with E-state index >= 15 is 0 Å². The summed E-state index contributed by atoms with van der Waals surface area (Å²) in [4.78, 5) is 24.5. The molecule has 2 N–H and O–H groups in total. The van der Waals surface area contributed by atoms with E-state index in [4.69, 9.17) is 34.0 Å². The fourth-order valence-electron chi connectivity index (χ4n) is 15.4. The van der Waals surface area contributed by atoms with Gasteiger partial charge in [-0.15, -0.1) is 23.2 Å². The van der Waals surface area contributed by atoms with Crippen LogP contribution in [0.3, 0.4) is 0 Å². The van der Waals surface area contributed by atoms with Gasteiger partial charge in [0.15, 0.2) is 24.6 Å². The number of ether oxygens (including phenoxy) is 2. The van der Waals surface area contributed by atoms with Crippen LogP contribution >= 0.6 is 39.1 Å². The fraction of sp³-hybridized carbons (Fsp3) is 0.184. The summed E-state index contributed by atoms with van der Waals surface area (Å²) >= 11 is 13.8. The molecular weight excluding hydrogens is 1170 g/mol. The summed E-state index contributed by atoms with van der Waals surface area (Å²) in [6, 6.07) is 59.0. The van der Waals surface area contributed by atoms with Gasteiger partial charge < -0.3 is 19.7 Å². The van der Waals surface area contributed by atoms with Crippen LogP contribution in [-0.4, -0.2) is 58.6 Å². The summed E-state index contributed by atoms with van der Waals surface area (Å²) in [6.45, 7) is 3.19. The molecule has 1 heterocycles. The zero-order valence-electron chi connectivity index (χ0n) is 48.5. The number of fused-ring (bicyclic) bond motifs is 2. The number of carbonyl (C=O) groups is 2. The number of Topliss-reactive ketones (excluding diaryl/α,β-unsaturated/α-hetero) is 2. The minimum Gasteiger partial charge on any atom is -0.389 e. The summed E-state index contributed by atoms with van der Waals surface area (Å²) in [6.07, 6.45) is 17.8. The molecule has 12 aromatic carbocycles. The van der Waals surface area contributed by atoms with Gasteiger partial charge in [0.25, 0.3) is 0 Å². The fourth-order valence-corrected chi connectivity index (χ4v) is 15.4. The molecule has 0 aromatic heterocycles. The molecule has 0 saturated carbocycles. The Morgan fingerprint density at radius 2 is 0.839 bits per heavy atom. The van der Waals surface area contributed by atoms with Crippen LogP contribution in [0.2, 0.25) is 0 Å². The highest BCUT2D eigenvalue weighted by Gasteiger charge is 2.52. The Morgan fingerprint density at radius 3 is 1.29 bits per heavy atom. The van der Waals surface area contributed by atoms with Crippen LogP contribution in [-0.2, 0) is 30.9 Å². The molecule has 0 amide bonds. The number of aliphatic hydroxyl groups excluding tert-OH is 2. The number of carbonyl (C=O) groups excluding carboxylic acids is 2. The van der Waals surface area contributed by atoms with Gasteiger partial charge in [0.1, 0.15) is 0 Å². The average molecular weight is 1240 g/mol. The molecule has 6 nitrogen and oxygen atoms in total. The zero-order valence-corrected chi connectivity index (χ0v) is 51.9. The van der Waals surface area contributed by atoms with Crippen molar-refractivity contribution >= 4 is 176 Å². The van der Waals surface area contributed by atoms with Crippen molar-refractivity contribution in [1.82, 2.24) is 0 Å². The van der Waals surface area contributed by atoms with Crippen LogP contribution < -0.4 is 0 Å². The number of aliphatic hydroxyl groups is 2. The predicted octanol–water partition coefficient (Wildman–Crippen LogP) is 18.1. The third kappa shape index (κ3) is 9.23. The lowest BCUT2D eigenvalue weighted by Gasteiger charge is -2.39. The first-order valence-corrected chi connectivity index (χ1v) is 34.1. The summed E-state index contributed by atoms with van der Waals surface area (Å²) < 4.78 is 19.0. The van der Waals surface area contributed by atoms with Gasteiger partial charge in [0.05, 0.1) is 50.5 Å². The number of halogens is 2. The molecule has 12 atom stereocenters. The Labute approximate surface area is 523 Å². The maximum atomic E-state index is 12.4. The van der Waals surface area contributed by atoms with Gasteiger partial charge in [-0.05, 0) is 144 Å². The van der Waals surface area contributed by atoms with Gasteiger partial charge in [-0.3, -0.25) is 9.59 Å². The average Bonchev–Trinajstić information content (AvgIpc) is 1.16. The summed E-state index contributed by atoms with van der Waals surface area (Å²) in [5.41, 5.74) is 7.06. The lowest BCUT2D eigenvalue weighted by molar-refractivity contribution is -0.148. The molecule has 1 fully saturated rings. The number of allylic oxidation sites excluding steroid dienone is 4. The molecule has 428 valence electrons. The zero-order chi connectivity index (χ0) is 60.4. The summed E-state index contributed by atoms with van der Waals surface area (Å²) in [5.74, 6) is -1.64. The van der Waals surface area contributed by atoms with E-state index in [2.05, 4.69) is 215 Å². The molecule has 0 spiro atoms. The van der Waals surface area contributed by atoms with Crippen molar-refractivity contribution in [2.75, 3.05) is 5.34 Å². The van der Waals surface area contributed by atoms with Crippen LogP contribution in [0.25, 0.3) is 114 Å². The quantitative estimate of drug-likeness (QED) is 0.0598. The van der Waals surface area contributed by atoms with Gasteiger partial charge in [0, 0.05) is 23.7 Å². The highest BCUT2D eigenvalue weighted by atomic mass is 35.5. The monoisotopic (exact) mass is 1230 g/mol. The van der Waals surface area contributed by atoms with E-state index in [-0.39, 0.29) is 52.8 Å². The van der Waals surface area contributed by atoms with Crippen LogP contribution in [0.15, 0.2) is 218 Å². The maximum Gasteiger partial charge on any atom is 0.355 e. The van der Waals surface area contributed by atoms with E-state index in [0.29, 0.717) is 0 Å². The molecule has 6 bridgehead atoms. The van der Waals surface area contributed by atoms with E-state index in [9.17, 15) is 19.8 Å². The van der Waals surface area contributed by atoms with Crippen molar-refractivity contribution in [3.8, 4) is 0 Å². The second-order valence-corrected chi connectivity index (χ2v) is 27.7. The standard InChI is InChI=1S/C27H22O2.C24H18O2.C24H14O2.CH2Cl2.H2P2S/c1-27(2)28-25-18-10-13-21(26(25)29-27)22(14-18)19-11-8-17-7-6-15-4-3-5-16-9-12-20(19)24(17)23(15)16;2*25-23-16-8-11-19(24(23)26)20(12-16)17-9-6-15-5-4-13-2-1-3-14-7-10-18(17)22(15)21(13)14;2-1-3;1-2-3/h3-14,18,21,25-26H,1-2H3;1-12,16,19,23-26H;1-12,16,19H;2*1H2/p+1/i/hT. The molecule has 87 heavy (non-hydrogen) atoms. The highest BCUT2D eigenvalue weighted by molar-refractivity contribution is 8.24. The minimum absolute atomic E-state index is 0.0959. The lowest BCUT2D eigenvalue weighted by atomic mass is 9.70. The lowest BCUT2D eigenvalue weighted by Crippen LogP contribution is -2.44. The normalized spacial score (nSPS) is 25.5. The Morgan fingerprint density at radius 1 is 0.471 bits per heavy atom. The van der Waals surface area contributed by atoms with E-state index in [1.54, 1.807) is 0 Å². The van der Waals surface area contributed by atoms with Crippen molar-refractivity contribution in [3.63, 3.8) is 0 Å². The second kappa shape index (κ2) is 22.2. The van der Waals surface area contributed by atoms with Gasteiger partial charge in [-0.25, -0.2) is 0 Å². The molecule has 1 aliphatic heterocycles. The molecule has 22 rings (SSSR count). The largest absolute Gasteiger partial charge is 0.389 e. The van der Waals surface area contributed by atoms with E-state index in [0.717, 1.165) is 22.1 Å². The van der Waals surface area contributed by atoms with Crippen LogP contribution in [0.4, 0.5) is 0 Å². The van der Waals surface area contributed by atoms with E-state index < -0.39 is 36.8 Å². The van der Waals surface area contributed by atoms with Crippen molar-refractivity contribution < 1.29 is 29.3 Å². The van der Waals surface area contributed by atoms with Crippen molar-refractivity contribution in [1.29, 1.82) is 1.28 Å². The van der Waals surface area contributed by atoms with Gasteiger partial charge >= 0.3 is 1.28 Å². The predicted molar refractivity (Wildman–Crippen MR) is 371 cm³/mol. The number of benzene rings is 12. The molecule has 1 saturated heterocycles. The number of alkyl halides is 2. The van der Waals surface area contributed by atoms with Crippen LogP contribution in [0, 0.1) is 35.5 Å². The third-order valence-corrected chi connectivity index (χ3v) is 19.1. The first kappa shape index (κ1) is 55.2. The second-order valence-electron chi connectivity index (χ2n) is 24.1. The smallest absolute Gasteiger partial charge is 0.355 e. The van der Waals surface area contributed by atoms with Gasteiger partial charge in [-0.1, -0.05) is 218 Å². The molecule has 12 unspecified atom stereocenters. The number of rotatable bonds is 3. The Hall–Kier alpha value is -7.09. The minimum atomic E-state index is -0.870. The Balaban J connectivity index is 0.000000105. The van der Waals surface area contributed by atoms with Crippen molar-refractivity contribution in [2.24, 2.45) is 35.5 Å². The summed E-state index contributed by atoms with van der Waals surface area (Å²) in [7, 11) is 2.20. The SMILES string of the molecule is CC1(C)OC2C3C=CC(C(c4ccc5ccc6cccc7ccc4c5c67)=C3)C2O1.ClCCl.O=C1C(=O)C2C=CC1C=C2c1ccc2ccc3cccc4ccc1c2c34.OC1C2C=CC(C(c3ccc4ccc5cccc6ccc3c4c56)=C2)C1O.[3H][P+](P)=S. The molecule has 10 aliphatic rings. The Bertz CT molecular complexity index is 5020. The van der Waals surface area contributed by atoms with Crippen molar-refractivity contribution in [2.45, 2.75) is 44.1 Å². The van der Waals surface area contributed by atoms with Gasteiger partial charge in [-0.2, -0.15) is 0 Å². The van der Waals surface area contributed by atoms with Crippen molar-refractivity contribution in [3.05, 3.63) is 235 Å². The highest BCUT2D eigenvalue weighted by Crippen LogP contribution is 2.52. The van der Waals surface area contributed by atoms with E-state index in [1.165, 1.54) is 108 Å². The third-order valence-electron chi connectivity index (χ3n) is 19.1. The first-order chi connectivity index (χ1) is 42.7. The number of ketones is 2. The maximum absolute atomic E-state index is 12.4. The van der Waals surface area contributed by atoms with Crippen LogP contribution in [0.5, 0.6) is 0 Å². The topological polar surface area (TPSA) is 93.1 Å². The number of hydrogen-bond acceptors (Lipinski definition) is 7.